The average Bonchev–Trinajstić information content (AvgIpc) is 3.64. The third kappa shape index (κ3) is 5.42. The number of ether oxygens (including phenoxy) is 5. The minimum absolute atomic E-state index is 0.00574. The van der Waals surface area contributed by atoms with Crippen molar-refractivity contribution in [3.63, 3.8) is 0 Å². The molecule has 0 unspecified atom stereocenters. The molecule has 0 aromatic heterocycles. The first kappa shape index (κ1) is 27.3. The molecule has 39 heavy (non-hydrogen) atoms. The molecule has 1 aromatic rings. The fourth-order valence-corrected chi connectivity index (χ4v) is 8.34. The first-order valence-corrected chi connectivity index (χ1v) is 15.0. The van der Waals surface area contributed by atoms with Crippen LogP contribution in [-0.4, -0.2) is 94.2 Å². The van der Waals surface area contributed by atoms with Gasteiger partial charge in [0.25, 0.3) is 0 Å². The predicted molar refractivity (Wildman–Crippen MR) is 147 cm³/mol. The number of hydrogen-bond donors (Lipinski definition) is 0. The number of nitrogens with zero attached hydrogens (tertiary/aromatic N) is 2. The van der Waals surface area contributed by atoms with Crippen molar-refractivity contribution in [3.05, 3.63) is 23.8 Å². The third-order valence-corrected chi connectivity index (χ3v) is 10.5. The van der Waals surface area contributed by atoms with Gasteiger partial charge in [-0.05, 0) is 69.0 Å². The number of rotatable bonds is 10. The molecule has 1 spiro atoms. The summed E-state index contributed by atoms with van der Waals surface area (Å²) >= 11 is 0. The molecule has 0 bridgehead atoms. The van der Waals surface area contributed by atoms with Gasteiger partial charge in [-0.2, -0.15) is 0 Å². The molecule has 0 radical (unpaired) electrons. The molecule has 5 fully saturated rings. The number of methoxy groups -OCH3 is 2. The maximum atomic E-state index is 13.4. The summed E-state index contributed by atoms with van der Waals surface area (Å²) in [5.41, 5.74) is 1.37. The lowest BCUT2D eigenvalue weighted by molar-refractivity contribution is -0.147. The Morgan fingerprint density at radius 3 is 2.72 bits per heavy atom. The second-order valence-corrected chi connectivity index (χ2v) is 12.8. The summed E-state index contributed by atoms with van der Waals surface area (Å²) in [4.78, 5) is 18.3. The van der Waals surface area contributed by atoms with E-state index in [0.717, 1.165) is 82.3 Å². The minimum atomic E-state index is -0.0998. The quantitative estimate of drug-likeness (QED) is 0.327. The number of carbonyl (C=O) groups excluding carboxylic acids is 1. The van der Waals surface area contributed by atoms with Crippen LogP contribution in [0.25, 0.3) is 0 Å². The lowest BCUT2D eigenvalue weighted by Crippen LogP contribution is -2.51. The normalized spacial score (nSPS) is 35.9. The molecule has 2 aliphatic carbocycles. The first-order chi connectivity index (χ1) is 18.9. The number of fused-ring (bicyclic) bond motifs is 3. The molecule has 3 heterocycles. The van der Waals surface area contributed by atoms with Gasteiger partial charge in [-0.25, -0.2) is 0 Å². The highest BCUT2D eigenvalue weighted by molar-refractivity contribution is 5.75. The Balaban J connectivity index is 1.19. The van der Waals surface area contributed by atoms with Gasteiger partial charge in [-0.3, -0.25) is 14.6 Å². The van der Waals surface area contributed by atoms with Crippen LogP contribution in [0.5, 0.6) is 11.5 Å². The Hall–Kier alpha value is -1.87. The van der Waals surface area contributed by atoms with E-state index in [2.05, 4.69) is 22.8 Å². The van der Waals surface area contributed by atoms with Crippen LogP contribution in [0.2, 0.25) is 0 Å². The lowest BCUT2D eigenvalue weighted by Gasteiger charge is -2.51. The molecular formula is C31H46N2O6. The number of hydrogen-bond acceptors (Lipinski definition) is 8. The Kier molecular flexibility index (Phi) is 7.83. The topological polar surface area (TPSA) is 73.0 Å². The fourth-order valence-electron chi connectivity index (χ4n) is 8.34. The van der Waals surface area contributed by atoms with Crippen LogP contribution in [0, 0.1) is 23.2 Å². The van der Waals surface area contributed by atoms with Crippen molar-refractivity contribution in [2.75, 3.05) is 66.8 Å². The Labute approximate surface area is 233 Å². The van der Waals surface area contributed by atoms with Crippen molar-refractivity contribution >= 4 is 5.97 Å². The molecule has 3 aliphatic heterocycles. The highest BCUT2D eigenvalue weighted by atomic mass is 16.6. The average molecular weight is 543 g/mol. The monoisotopic (exact) mass is 542 g/mol. The number of epoxide rings is 1. The molecule has 8 nitrogen and oxygen atoms in total. The van der Waals surface area contributed by atoms with Gasteiger partial charge in [-0.15, -0.1) is 0 Å². The van der Waals surface area contributed by atoms with Gasteiger partial charge in [0.05, 0.1) is 45.6 Å². The van der Waals surface area contributed by atoms with Crippen LogP contribution >= 0.6 is 0 Å². The molecule has 6 rings (SSSR count). The van der Waals surface area contributed by atoms with Gasteiger partial charge in [0, 0.05) is 37.7 Å². The Morgan fingerprint density at radius 2 is 1.97 bits per heavy atom. The molecule has 6 atom stereocenters. The first-order valence-electron chi connectivity index (χ1n) is 15.0. The van der Waals surface area contributed by atoms with E-state index >= 15 is 0 Å². The maximum absolute atomic E-state index is 13.4. The van der Waals surface area contributed by atoms with Crippen molar-refractivity contribution in [2.45, 2.75) is 63.7 Å². The molecule has 3 saturated heterocycles. The van der Waals surface area contributed by atoms with Crippen LogP contribution < -0.4 is 9.47 Å². The van der Waals surface area contributed by atoms with Gasteiger partial charge < -0.3 is 23.7 Å². The zero-order valence-corrected chi connectivity index (χ0v) is 24.0. The smallest absolute Gasteiger partial charge is 0.310 e. The summed E-state index contributed by atoms with van der Waals surface area (Å²) in [6, 6.07) is 6.06. The summed E-state index contributed by atoms with van der Waals surface area (Å²) in [5, 5.41) is 0. The van der Waals surface area contributed by atoms with Crippen molar-refractivity contribution in [3.8, 4) is 11.5 Å². The van der Waals surface area contributed by atoms with Crippen LogP contribution in [0.3, 0.4) is 0 Å². The summed E-state index contributed by atoms with van der Waals surface area (Å²) in [7, 11) is 3.37. The maximum Gasteiger partial charge on any atom is 0.310 e. The number of para-hydroxylation sites is 1. The van der Waals surface area contributed by atoms with Crippen LogP contribution in [0.15, 0.2) is 18.2 Å². The highest BCUT2D eigenvalue weighted by Gasteiger charge is 2.65. The summed E-state index contributed by atoms with van der Waals surface area (Å²) in [6.45, 7) is 10.3. The van der Waals surface area contributed by atoms with E-state index in [1.807, 2.05) is 12.1 Å². The molecule has 1 aromatic carbocycles. The van der Waals surface area contributed by atoms with E-state index in [9.17, 15) is 4.79 Å². The zero-order chi connectivity index (χ0) is 27.0. The summed E-state index contributed by atoms with van der Waals surface area (Å²) < 4.78 is 29.1. The van der Waals surface area contributed by atoms with E-state index in [1.165, 1.54) is 19.3 Å². The van der Waals surface area contributed by atoms with Gasteiger partial charge in [0.2, 0.25) is 0 Å². The van der Waals surface area contributed by atoms with Crippen LogP contribution in [-0.2, 0) is 25.5 Å². The SMILES string of the molecule is COc1cccc(CN(CCCN2CCOCC2)C[C@@H]2C(=O)O[C@@H]3C[C@@]4(C)CCC[C@@]5(CO5)[C@@H]4C[C@@H]23)c1OC. The van der Waals surface area contributed by atoms with E-state index < -0.39 is 0 Å². The number of carbonyl (C=O) groups is 1. The van der Waals surface area contributed by atoms with Gasteiger partial charge >= 0.3 is 5.97 Å². The summed E-state index contributed by atoms with van der Waals surface area (Å²) in [5.74, 6) is 2.20. The van der Waals surface area contributed by atoms with Gasteiger partial charge in [0.1, 0.15) is 6.10 Å². The minimum Gasteiger partial charge on any atom is -0.493 e. The second-order valence-electron chi connectivity index (χ2n) is 12.8. The molecule has 216 valence electrons. The molecule has 0 N–H and O–H groups in total. The van der Waals surface area contributed by atoms with E-state index in [4.69, 9.17) is 23.7 Å². The third-order valence-electron chi connectivity index (χ3n) is 10.5. The Morgan fingerprint density at radius 1 is 1.15 bits per heavy atom. The largest absolute Gasteiger partial charge is 0.493 e. The van der Waals surface area contributed by atoms with Crippen molar-refractivity contribution in [2.24, 2.45) is 23.2 Å². The lowest BCUT2D eigenvalue weighted by atomic mass is 9.53. The standard InChI is InChI=1S/C31H46N2O6/c1-30-9-5-10-31(21-38-31)27(30)17-23-24(29(34)39-26(23)18-30)20-33(12-6-11-32-13-15-37-16-14-32)19-22-7-4-8-25(35-2)28(22)36-3/h4,7-8,23-24,26-27H,5-6,9-21H2,1-3H3/t23-,24-,26+,27+,30+,31+/m0/s1. The number of esters is 1. The van der Waals surface area contributed by atoms with Crippen LogP contribution in [0.4, 0.5) is 0 Å². The fraction of sp³-hybridized carbons (Fsp3) is 0.774. The predicted octanol–water partition coefficient (Wildman–Crippen LogP) is 3.76. The molecule has 8 heteroatoms. The van der Waals surface area contributed by atoms with Gasteiger partial charge in [-0.1, -0.05) is 19.1 Å². The van der Waals surface area contributed by atoms with Crippen molar-refractivity contribution < 1.29 is 28.5 Å². The highest BCUT2D eigenvalue weighted by Crippen LogP contribution is 2.62. The second kappa shape index (κ2) is 11.2. The van der Waals surface area contributed by atoms with Gasteiger partial charge in [0.15, 0.2) is 11.5 Å². The van der Waals surface area contributed by atoms with Crippen molar-refractivity contribution in [1.82, 2.24) is 9.80 Å². The Bertz CT molecular complexity index is 1020. The molecule has 0 amide bonds. The zero-order valence-electron chi connectivity index (χ0n) is 24.0. The molecule has 2 saturated carbocycles. The van der Waals surface area contributed by atoms with Crippen LogP contribution in [0.1, 0.15) is 51.0 Å². The van der Waals surface area contributed by atoms with E-state index in [0.29, 0.717) is 19.0 Å². The number of benzene rings is 1. The van der Waals surface area contributed by atoms with Crippen molar-refractivity contribution in [1.29, 1.82) is 0 Å². The molecule has 5 aliphatic rings. The summed E-state index contributed by atoms with van der Waals surface area (Å²) in [6.07, 6.45) is 6.73. The van der Waals surface area contributed by atoms with E-state index in [-0.39, 0.29) is 34.9 Å². The molecular weight excluding hydrogens is 496 g/mol. The number of morpholine rings is 1. The van der Waals surface area contributed by atoms with E-state index in [1.54, 1.807) is 14.2 Å².